The SMILES string of the molecule is Cc1c(NC(=O)CCNC(=O)c2ccc(C(=N)N)cc2)cccc1S(=O)(=O)N[C@@H](C)C(=O)O. The first-order chi connectivity index (χ1) is 15.4. The number of carbonyl (C=O) groups is 3. The number of carboxylic acids is 1. The van der Waals surface area contributed by atoms with Gasteiger partial charge in [0.25, 0.3) is 5.91 Å². The highest BCUT2D eigenvalue weighted by Crippen LogP contribution is 2.23. The summed E-state index contributed by atoms with van der Waals surface area (Å²) >= 11 is 0. The van der Waals surface area contributed by atoms with Gasteiger partial charge in [0.15, 0.2) is 0 Å². The van der Waals surface area contributed by atoms with Gasteiger partial charge in [0.05, 0.1) is 4.90 Å². The van der Waals surface area contributed by atoms with Crippen LogP contribution in [0.3, 0.4) is 0 Å². The summed E-state index contributed by atoms with van der Waals surface area (Å²) < 4.78 is 27.0. The fourth-order valence-electron chi connectivity index (χ4n) is 2.79. The van der Waals surface area contributed by atoms with Crippen molar-refractivity contribution in [1.82, 2.24) is 10.0 Å². The third kappa shape index (κ3) is 6.85. The number of nitrogens with two attached hydrogens (primary N) is 1. The molecule has 2 amide bonds. The fourth-order valence-corrected chi connectivity index (χ4v) is 4.26. The summed E-state index contributed by atoms with van der Waals surface area (Å²) in [5.41, 5.74) is 6.69. The number of hydrogen-bond donors (Lipinski definition) is 6. The van der Waals surface area contributed by atoms with E-state index in [0.717, 1.165) is 0 Å². The molecule has 0 spiro atoms. The molecule has 12 heteroatoms. The van der Waals surface area contributed by atoms with E-state index >= 15 is 0 Å². The molecule has 0 fully saturated rings. The molecule has 0 radical (unpaired) electrons. The van der Waals surface area contributed by atoms with E-state index in [9.17, 15) is 22.8 Å². The van der Waals surface area contributed by atoms with Crippen LogP contribution < -0.4 is 21.1 Å². The Morgan fingerprint density at radius 1 is 1.09 bits per heavy atom. The highest BCUT2D eigenvalue weighted by atomic mass is 32.2. The number of nitrogen functional groups attached to an aromatic ring is 1. The quantitative estimate of drug-likeness (QED) is 0.216. The van der Waals surface area contributed by atoms with Gasteiger partial charge in [-0.15, -0.1) is 0 Å². The first-order valence-electron chi connectivity index (χ1n) is 9.79. The van der Waals surface area contributed by atoms with Gasteiger partial charge < -0.3 is 21.5 Å². The highest BCUT2D eigenvalue weighted by Gasteiger charge is 2.24. The molecule has 0 bridgehead atoms. The maximum absolute atomic E-state index is 12.5. The Hall–Kier alpha value is -3.77. The van der Waals surface area contributed by atoms with E-state index in [4.69, 9.17) is 16.2 Å². The van der Waals surface area contributed by atoms with E-state index < -0.39 is 33.8 Å². The molecular formula is C21H25N5O6S. The Kier molecular flexibility index (Phi) is 8.26. The van der Waals surface area contributed by atoms with Crippen LogP contribution in [0.4, 0.5) is 5.69 Å². The number of anilines is 1. The number of nitrogens with one attached hydrogen (secondary N) is 4. The molecule has 0 aliphatic rings. The maximum atomic E-state index is 12.5. The number of amides is 2. The second-order valence-corrected chi connectivity index (χ2v) is 8.84. The molecular weight excluding hydrogens is 450 g/mol. The van der Waals surface area contributed by atoms with Crippen molar-refractivity contribution in [2.24, 2.45) is 5.73 Å². The van der Waals surface area contributed by atoms with Crippen LogP contribution in [0.5, 0.6) is 0 Å². The Morgan fingerprint density at radius 2 is 1.70 bits per heavy atom. The summed E-state index contributed by atoms with van der Waals surface area (Å²) in [5, 5.41) is 21.5. The Morgan fingerprint density at radius 3 is 2.27 bits per heavy atom. The third-order valence-corrected chi connectivity index (χ3v) is 6.33. The zero-order valence-electron chi connectivity index (χ0n) is 18.0. The van der Waals surface area contributed by atoms with Crippen LogP contribution in [0, 0.1) is 12.3 Å². The van der Waals surface area contributed by atoms with Crippen molar-refractivity contribution in [3.8, 4) is 0 Å². The van der Waals surface area contributed by atoms with Gasteiger partial charge in [-0.3, -0.25) is 19.8 Å². The number of hydrogen-bond acceptors (Lipinski definition) is 6. The molecule has 0 saturated carbocycles. The van der Waals surface area contributed by atoms with Crippen LogP contribution >= 0.6 is 0 Å². The van der Waals surface area contributed by atoms with E-state index in [0.29, 0.717) is 11.1 Å². The van der Waals surface area contributed by atoms with Crippen molar-refractivity contribution >= 4 is 39.3 Å². The van der Waals surface area contributed by atoms with Crippen LogP contribution in [-0.4, -0.2) is 49.7 Å². The van der Waals surface area contributed by atoms with Gasteiger partial charge in [0, 0.05) is 29.8 Å². The Labute approximate surface area is 190 Å². The van der Waals surface area contributed by atoms with Crippen molar-refractivity contribution < 1.29 is 27.9 Å². The van der Waals surface area contributed by atoms with Gasteiger partial charge in [-0.1, -0.05) is 18.2 Å². The summed E-state index contributed by atoms with van der Waals surface area (Å²) in [5.74, 6) is -2.29. The summed E-state index contributed by atoms with van der Waals surface area (Å²) in [4.78, 5) is 35.3. The van der Waals surface area contributed by atoms with Crippen LogP contribution in [0.25, 0.3) is 0 Å². The van der Waals surface area contributed by atoms with Gasteiger partial charge in [-0.25, -0.2) is 8.42 Å². The average Bonchev–Trinajstić information content (AvgIpc) is 2.74. The number of amidine groups is 1. The molecule has 0 aliphatic heterocycles. The molecule has 2 aromatic carbocycles. The molecule has 7 N–H and O–H groups in total. The van der Waals surface area contributed by atoms with Gasteiger partial charge in [0.2, 0.25) is 15.9 Å². The monoisotopic (exact) mass is 475 g/mol. The molecule has 0 unspecified atom stereocenters. The smallest absolute Gasteiger partial charge is 0.321 e. The van der Waals surface area contributed by atoms with Crippen molar-refractivity contribution in [3.63, 3.8) is 0 Å². The molecule has 11 nitrogen and oxygen atoms in total. The molecule has 0 saturated heterocycles. The molecule has 2 aromatic rings. The van der Waals surface area contributed by atoms with Gasteiger partial charge in [-0.05, 0) is 43.7 Å². The molecule has 33 heavy (non-hydrogen) atoms. The van der Waals surface area contributed by atoms with Gasteiger partial charge in [-0.2, -0.15) is 4.72 Å². The van der Waals surface area contributed by atoms with E-state index in [1.165, 1.54) is 44.2 Å². The summed E-state index contributed by atoms with van der Waals surface area (Å²) in [6, 6.07) is 9.03. The molecule has 0 aliphatic carbocycles. The number of rotatable bonds is 10. The van der Waals surface area contributed by atoms with Gasteiger partial charge in [0.1, 0.15) is 11.9 Å². The van der Waals surface area contributed by atoms with Crippen molar-refractivity contribution in [2.45, 2.75) is 31.2 Å². The molecule has 0 aromatic heterocycles. The van der Waals surface area contributed by atoms with Crippen LogP contribution in [0.2, 0.25) is 0 Å². The number of sulfonamides is 1. The van der Waals surface area contributed by atoms with E-state index in [2.05, 4.69) is 15.4 Å². The predicted octanol–water partition coefficient (Wildman–Crippen LogP) is 0.789. The number of carboxylic acid groups (broad SMARTS) is 1. The predicted molar refractivity (Wildman–Crippen MR) is 122 cm³/mol. The molecule has 1 atom stereocenters. The topological polar surface area (TPSA) is 192 Å². The van der Waals surface area contributed by atoms with Crippen molar-refractivity contribution in [2.75, 3.05) is 11.9 Å². The summed E-state index contributed by atoms with van der Waals surface area (Å²) in [7, 11) is -4.12. The van der Waals surface area contributed by atoms with E-state index in [-0.39, 0.29) is 34.9 Å². The second kappa shape index (κ2) is 10.7. The first-order valence-corrected chi connectivity index (χ1v) is 11.3. The minimum Gasteiger partial charge on any atom is -0.480 e. The lowest BCUT2D eigenvalue weighted by molar-refractivity contribution is -0.138. The molecule has 176 valence electrons. The number of aliphatic carboxylic acids is 1. The number of carbonyl (C=O) groups excluding carboxylic acids is 2. The third-order valence-electron chi connectivity index (χ3n) is 4.65. The van der Waals surface area contributed by atoms with Crippen LogP contribution in [-0.2, 0) is 19.6 Å². The fraction of sp³-hybridized carbons (Fsp3) is 0.238. The summed E-state index contributed by atoms with van der Waals surface area (Å²) in [6.07, 6.45) is -0.0675. The largest absolute Gasteiger partial charge is 0.480 e. The Bertz CT molecular complexity index is 1180. The van der Waals surface area contributed by atoms with Crippen LogP contribution in [0.15, 0.2) is 47.4 Å². The summed E-state index contributed by atoms with van der Waals surface area (Å²) in [6.45, 7) is 2.72. The van der Waals surface area contributed by atoms with E-state index in [1.807, 2.05) is 0 Å². The van der Waals surface area contributed by atoms with Crippen molar-refractivity contribution in [3.05, 3.63) is 59.2 Å². The molecule has 0 heterocycles. The Balaban J connectivity index is 1.97. The normalized spacial score (nSPS) is 11.9. The number of benzene rings is 2. The van der Waals surface area contributed by atoms with Gasteiger partial charge >= 0.3 is 5.97 Å². The zero-order valence-corrected chi connectivity index (χ0v) is 18.8. The minimum absolute atomic E-state index is 0.0356. The van der Waals surface area contributed by atoms with Crippen molar-refractivity contribution in [1.29, 1.82) is 5.41 Å². The first kappa shape index (κ1) is 25.5. The average molecular weight is 476 g/mol. The zero-order chi connectivity index (χ0) is 24.8. The standard InChI is InChI=1S/C21H25N5O6S/c1-12-16(4-3-5-17(12)33(31,32)26-13(2)21(29)30)25-18(27)10-11-24-20(28)15-8-6-14(7-9-15)19(22)23/h3-9,13,26H,10-11H2,1-2H3,(H3,22,23)(H,24,28)(H,25,27)(H,29,30)/t13-/m0/s1. The lowest BCUT2D eigenvalue weighted by Gasteiger charge is -2.15. The molecule has 2 rings (SSSR count). The minimum atomic E-state index is -4.12. The maximum Gasteiger partial charge on any atom is 0.321 e. The second-order valence-electron chi connectivity index (χ2n) is 7.16. The van der Waals surface area contributed by atoms with Crippen LogP contribution in [0.1, 0.15) is 34.8 Å². The lowest BCUT2D eigenvalue weighted by Crippen LogP contribution is -2.38. The lowest BCUT2D eigenvalue weighted by atomic mass is 10.1. The highest BCUT2D eigenvalue weighted by molar-refractivity contribution is 7.89. The van der Waals surface area contributed by atoms with E-state index in [1.54, 1.807) is 12.1 Å².